The highest BCUT2D eigenvalue weighted by Crippen LogP contribution is 2.20. The minimum atomic E-state index is -0.438. The smallest absolute Gasteiger partial charge is 0.202 e. The van der Waals surface area contributed by atoms with Crippen LogP contribution in [0, 0.1) is 5.82 Å². The zero-order valence-electron chi connectivity index (χ0n) is 9.85. The Hall–Kier alpha value is -2.14. The van der Waals surface area contributed by atoms with Crippen molar-refractivity contribution in [2.24, 2.45) is 0 Å². The first kappa shape index (κ1) is 11.9. The molecule has 6 heteroatoms. The summed E-state index contributed by atoms with van der Waals surface area (Å²) < 4.78 is 14.9. The number of halogens is 2. The largest absolute Gasteiger partial charge is 0.369 e. The molecule has 0 saturated heterocycles. The molecule has 3 aromatic rings. The fourth-order valence-corrected chi connectivity index (χ4v) is 2.16. The quantitative estimate of drug-likeness (QED) is 0.783. The number of aromatic nitrogens is 3. The van der Waals surface area contributed by atoms with E-state index in [9.17, 15) is 4.39 Å². The number of fused-ring (bicyclic) bond motifs is 1. The number of rotatable bonds is 2. The summed E-state index contributed by atoms with van der Waals surface area (Å²) in [6.07, 6.45) is 1.68. The van der Waals surface area contributed by atoms with Gasteiger partial charge in [0.05, 0.1) is 11.6 Å². The van der Waals surface area contributed by atoms with Gasteiger partial charge in [0, 0.05) is 6.20 Å². The molecule has 96 valence electrons. The highest BCUT2D eigenvalue weighted by Gasteiger charge is 2.10. The lowest BCUT2D eigenvalue weighted by Gasteiger charge is -2.06. The topological polar surface area (TPSA) is 56.7 Å². The molecule has 0 unspecified atom stereocenters. The summed E-state index contributed by atoms with van der Waals surface area (Å²) in [5.41, 5.74) is 8.13. The standard InChI is InChI=1S/C13H10ClFN4/c14-9-6-8(3-4-10(9)15)7-19-12-11(18-13(19)16)2-1-5-17-12/h1-6H,7H2,(H2,16,18). The summed E-state index contributed by atoms with van der Waals surface area (Å²) in [4.78, 5) is 8.47. The second-order valence-electron chi connectivity index (χ2n) is 4.15. The number of hydrogen-bond donors (Lipinski definition) is 1. The SMILES string of the molecule is Nc1nc2cccnc2n1Cc1ccc(F)c(Cl)c1. The molecule has 1 aromatic carbocycles. The second-order valence-corrected chi connectivity index (χ2v) is 4.56. The summed E-state index contributed by atoms with van der Waals surface area (Å²) in [6, 6.07) is 8.21. The molecule has 2 aromatic heterocycles. The van der Waals surface area contributed by atoms with Gasteiger partial charge < -0.3 is 5.73 Å². The zero-order chi connectivity index (χ0) is 13.4. The predicted molar refractivity (Wildman–Crippen MR) is 72.5 cm³/mol. The van der Waals surface area contributed by atoms with Gasteiger partial charge in [-0.1, -0.05) is 17.7 Å². The van der Waals surface area contributed by atoms with Crippen LogP contribution in [-0.4, -0.2) is 14.5 Å². The Morgan fingerprint density at radius 2 is 2.16 bits per heavy atom. The van der Waals surface area contributed by atoms with Crippen LogP contribution in [0.3, 0.4) is 0 Å². The van der Waals surface area contributed by atoms with E-state index in [4.69, 9.17) is 17.3 Å². The molecule has 3 rings (SSSR count). The normalized spacial score (nSPS) is 11.1. The van der Waals surface area contributed by atoms with E-state index in [-0.39, 0.29) is 5.02 Å². The third-order valence-corrected chi connectivity index (χ3v) is 3.15. The number of imidazole rings is 1. The third-order valence-electron chi connectivity index (χ3n) is 2.86. The summed E-state index contributed by atoms with van der Waals surface area (Å²) in [7, 11) is 0. The first-order chi connectivity index (χ1) is 9.15. The van der Waals surface area contributed by atoms with Gasteiger partial charge in [-0.05, 0) is 29.8 Å². The molecule has 19 heavy (non-hydrogen) atoms. The van der Waals surface area contributed by atoms with Crippen LogP contribution in [0.5, 0.6) is 0 Å². The van der Waals surface area contributed by atoms with E-state index >= 15 is 0 Å². The second kappa shape index (κ2) is 4.51. The molecular formula is C13H10ClFN4. The zero-order valence-corrected chi connectivity index (χ0v) is 10.6. The molecule has 0 aliphatic heterocycles. The Balaban J connectivity index is 2.05. The average Bonchev–Trinajstić information content (AvgIpc) is 2.71. The molecule has 0 amide bonds. The highest BCUT2D eigenvalue weighted by molar-refractivity contribution is 6.30. The van der Waals surface area contributed by atoms with E-state index in [0.717, 1.165) is 11.1 Å². The van der Waals surface area contributed by atoms with Crippen molar-refractivity contribution in [3.8, 4) is 0 Å². The van der Waals surface area contributed by atoms with E-state index < -0.39 is 5.82 Å². The molecule has 0 aliphatic rings. The number of pyridine rings is 1. The maximum Gasteiger partial charge on any atom is 0.202 e. The van der Waals surface area contributed by atoms with E-state index in [1.54, 1.807) is 29.0 Å². The van der Waals surface area contributed by atoms with Crippen molar-refractivity contribution in [2.45, 2.75) is 6.54 Å². The van der Waals surface area contributed by atoms with Crippen LogP contribution >= 0.6 is 11.6 Å². The molecule has 0 saturated carbocycles. The van der Waals surface area contributed by atoms with Crippen molar-refractivity contribution in [3.63, 3.8) is 0 Å². The van der Waals surface area contributed by atoms with Gasteiger partial charge in [0.25, 0.3) is 0 Å². The van der Waals surface area contributed by atoms with E-state index in [1.807, 2.05) is 6.07 Å². The van der Waals surface area contributed by atoms with E-state index in [0.29, 0.717) is 18.1 Å². The average molecular weight is 277 g/mol. The number of anilines is 1. The molecule has 0 aliphatic carbocycles. The van der Waals surface area contributed by atoms with Gasteiger partial charge in [0.2, 0.25) is 5.95 Å². The Bertz CT molecular complexity index is 753. The van der Waals surface area contributed by atoms with Crippen molar-refractivity contribution >= 4 is 28.7 Å². The maximum absolute atomic E-state index is 13.1. The first-order valence-electron chi connectivity index (χ1n) is 5.66. The summed E-state index contributed by atoms with van der Waals surface area (Å²) in [5, 5.41) is 0.0912. The molecule has 4 nitrogen and oxygen atoms in total. The molecule has 0 radical (unpaired) electrons. The molecule has 2 heterocycles. The number of nitrogens with two attached hydrogens (primary N) is 1. The Labute approximate surface area is 113 Å². The maximum atomic E-state index is 13.1. The molecule has 0 fully saturated rings. The molecule has 0 spiro atoms. The Morgan fingerprint density at radius 3 is 2.95 bits per heavy atom. The Morgan fingerprint density at radius 1 is 1.32 bits per heavy atom. The lowest BCUT2D eigenvalue weighted by atomic mass is 10.2. The van der Waals surface area contributed by atoms with Crippen LogP contribution in [0.25, 0.3) is 11.2 Å². The highest BCUT2D eigenvalue weighted by atomic mass is 35.5. The molecule has 0 bridgehead atoms. The fourth-order valence-electron chi connectivity index (χ4n) is 1.95. The van der Waals surface area contributed by atoms with Gasteiger partial charge >= 0.3 is 0 Å². The number of benzene rings is 1. The summed E-state index contributed by atoms with van der Waals surface area (Å²) in [6.45, 7) is 0.444. The number of nitrogens with zero attached hydrogens (tertiary/aromatic N) is 3. The fraction of sp³-hybridized carbons (Fsp3) is 0.0769. The number of hydrogen-bond acceptors (Lipinski definition) is 3. The lowest BCUT2D eigenvalue weighted by Crippen LogP contribution is -2.05. The predicted octanol–water partition coefficient (Wildman–Crippen LogP) is 2.85. The van der Waals surface area contributed by atoms with Crippen molar-refractivity contribution in [1.29, 1.82) is 0 Å². The van der Waals surface area contributed by atoms with Crippen LogP contribution < -0.4 is 5.73 Å². The minimum absolute atomic E-state index is 0.0912. The van der Waals surface area contributed by atoms with Crippen LogP contribution in [0.4, 0.5) is 10.3 Å². The molecular weight excluding hydrogens is 267 g/mol. The summed E-state index contributed by atoms with van der Waals surface area (Å²) >= 11 is 5.77. The van der Waals surface area contributed by atoms with Gasteiger partial charge in [-0.15, -0.1) is 0 Å². The third kappa shape index (κ3) is 2.13. The van der Waals surface area contributed by atoms with E-state index in [2.05, 4.69) is 9.97 Å². The van der Waals surface area contributed by atoms with Gasteiger partial charge in [0.1, 0.15) is 11.3 Å². The van der Waals surface area contributed by atoms with Crippen molar-refractivity contribution in [3.05, 3.63) is 52.9 Å². The van der Waals surface area contributed by atoms with Gasteiger partial charge in [-0.2, -0.15) is 0 Å². The van der Waals surface area contributed by atoms with Crippen molar-refractivity contribution < 1.29 is 4.39 Å². The van der Waals surface area contributed by atoms with E-state index in [1.165, 1.54) is 6.07 Å². The minimum Gasteiger partial charge on any atom is -0.369 e. The number of nitrogen functional groups attached to an aromatic ring is 1. The Kier molecular flexibility index (Phi) is 2.83. The molecule has 0 atom stereocenters. The van der Waals surface area contributed by atoms with Crippen LogP contribution in [-0.2, 0) is 6.54 Å². The van der Waals surface area contributed by atoms with Crippen LogP contribution in [0.1, 0.15) is 5.56 Å². The van der Waals surface area contributed by atoms with Crippen molar-refractivity contribution in [1.82, 2.24) is 14.5 Å². The van der Waals surface area contributed by atoms with Crippen LogP contribution in [0.15, 0.2) is 36.5 Å². The van der Waals surface area contributed by atoms with Crippen molar-refractivity contribution in [2.75, 3.05) is 5.73 Å². The lowest BCUT2D eigenvalue weighted by molar-refractivity contribution is 0.627. The van der Waals surface area contributed by atoms with Gasteiger partial charge in [-0.25, -0.2) is 14.4 Å². The van der Waals surface area contributed by atoms with Crippen LogP contribution in [0.2, 0.25) is 5.02 Å². The van der Waals surface area contributed by atoms with Gasteiger partial charge in [-0.3, -0.25) is 4.57 Å². The molecule has 2 N–H and O–H groups in total. The monoisotopic (exact) mass is 276 g/mol. The summed E-state index contributed by atoms with van der Waals surface area (Å²) in [5.74, 6) is -0.0684. The first-order valence-corrected chi connectivity index (χ1v) is 6.03. The van der Waals surface area contributed by atoms with Gasteiger partial charge in [0.15, 0.2) is 5.65 Å².